The van der Waals surface area contributed by atoms with Crippen molar-refractivity contribution in [3.8, 4) is 11.5 Å². The number of aromatic nitrogens is 1. The Morgan fingerprint density at radius 2 is 1.90 bits per heavy atom. The number of carbonyl (C=O) groups is 1. The molecular formula is C31H26ClFN2O5S. The summed E-state index contributed by atoms with van der Waals surface area (Å²) in [5.74, 6) is -0.186. The second-order valence-corrected chi connectivity index (χ2v) is 10.5. The summed E-state index contributed by atoms with van der Waals surface area (Å²) in [4.78, 5) is 31.9. The van der Waals surface area contributed by atoms with E-state index in [2.05, 4.69) is 4.99 Å². The van der Waals surface area contributed by atoms with Gasteiger partial charge in [0, 0.05) is 5.56 Å². The summed E-state index contributed by atoms with van der Waals surface area (Å²) in [5.41, 5.74) is 2.17. The number of nitrogens with zero attached hydrogens (tertiary/aromatic N) is 2. The first-order valence-electron chi connectivity index (χ1n) is 12.8. The molecule has 41 heavy (non-hydrogen) atoms. The summed E-state index contributed by atoms with van der Waals surface area (Å²) in [6, 6.07) is 18.3. The molecule has 3 aromatic carbocycles. The first-order valence-corrected chi connectivity index (χ1v) is 14.0. The lowest BCUT2D eigenvalue weighted by molar-refractivity contribution is -0.139. The van der Waals surface area contributed by atoms with Gasteiger partial charge < -0.3 is 14.2 Å². The van der Waals surface area contributed by atoms with Crippen LogP contribution in [0.15, 0.2) is 87.8 Å². The number of carbonyl (C=O) groups excluding carboxylic acids is 1. The minimum absolute atomic E-state index is 0.111. The van der Waals surface area contributed by atoms with Crippen LogP contribution in [0, 0.1) is 5.82 Å². The summed E-state index contributed by atoms with van der Waals surface area (Å²) in [7, 11) is 1.50. The van der Waals surface area contributed by atoms with Crippen molar-refractivity contribution in [2.45, 2.75) is 26.5 Å². The van der Waals surface area contributed by atoms with Crippen LogP contribution in [0.1, 0.15) is 36.6 Å². The normalized spacial score (nSPS) is 14.9. The van der Waals surface area contributed by atoms with Crippen LogP contribution in [0.3, 0.4) is 0 Å². The summed E-state index contributed by atoms with van der Waals surface area (Å²) < 4.78 is 32.9. The number of ether oxygens (including phenoxy) is 3. The van der Waals surface area contributed by atoms with E-state index in [9.17, 15) is 14.0 Å². The average Bonchev–Trinajstić information content (AvgIpc) is 3.26. The number of hydrogen-bond acceptors (Lipinski definition) is 7. The number of esters is 1. The molecule has 10 heteroatoms. The van der Waals surface area contributed by atoms with Gasteiger partial charge in [-0.15, -0.1) is 0 Å². The van der Waals surface area contributed by atoms with E-state index in [1.165, 1.54) is 35.1 Å². The number of benzene rings is 3. The summed E-state index contributed by atoms with van der Waals surface area (Å²) in [6.45, 7) is 3.57. The molecule has 2 heterocycles. The molecule has 0 aliphatic carbocycles. The van der Waals surface area contributed by atoms with E-state index in [1.54, 1.807) is 44.2 Å². The van der Waals surface area contributed by atoms with Crippen molar-refractivity contribution in [2.75, 3.05) is 13.7 Å². The molecule has 0 fully saturated rings. The SMILES string of the molecule is CCOC(=O)C1=C(C)N=c2sc(=Cc3ccc(OC)c(OCc4c(F)cccc4Cl)c3)c(=O)n2[C@H]1c1ccccc1. The van der Waals surface area contributed by atoms with Gasteiger partial charge in [-0.3, -0.25) is 9.36 Å². The molecular weight excluding hydrogens is 567 g/mol. The quantitative estimate of drug-likeness (QED) is 0.264. The number of hydrogen-bond donors (Lipinski definition) is 0. The van der Waals surface area contributed by atoms with E-state index >= 15 is 0 Å². The molecule has 0 spiro atoms. The van der Waals surface area contributed by atoms with Crippen molar-refractivity contribution < 1.29 is 23.4 Å². The molecule has 5 rings (SSSR count). The van der Waals surface area contributed by atoms with Crippen LogP contribution >= 0.6 is 22.9 Å². The summed E-state index contributed by atoms with van der Waals surface area (Å²) >= 11 is 7.37. The number of fused-ring (bicyclic) bond motifs is 1. The van der Waals surface area contributed by atoms with E-state index in [-0.39, 0.29) is 29.4 Å². The van der Waals surface area contributed by atoms with Crippen molar-refractivity contribution in [1.29, 1.82) is 0 Å². The lowest BCUT2D eigenvalue weighted by Gasteiger charge is -2.24. The number of allylic oxidation sites excluding steroid dienone is 1. The number of methoxy groups -OCH3 is 1. The molecule has 0 bridgehead atoms. The molecule has 1 atom stereocenters. The van der Waals surface area contributed by atoms with Gasteiger partial charge in [0.15, 0.2) is 16.3 Å². The predicted molar refractivity (Wildman–Crippen MR) is 156 cm³/mol. The van der Waals surface area contributed by atoms with Crippen LogP contribution in [-0.2, 0) is 16.1 Å². The maximum atomic E-state index is 14.3. The maximum absolute atomic E-state index is 14.3. The Labute approximate surface area is 244 Å². The highest BCUT2D eigenvalue weighted by Crippen LogP contribution is 2.32. The predicted octanol–water partition coefficient (Wildman–Crippen LogP) is 5.18. The fourth-order valence-electron chi connectivity index (χ4n) is 4.61. The molecule has 1 aliphatic heterocycles. The zero-order valence-corrected chi connectivity index (χ0v) is 24.1. The van der Waals surface area contributed by atoms with Gasteiger partial charge in [-0.1, -0.05) is 65.4 Å². The van der Waals surface area contributed by atoms with Gasteiger partial charge in [-0.25, -0.2) is 14.2 Å². The third-order valence-electron chi connectivity index (χ3n) is 6.55. The molecule has 0 unspecified atom stereocenters. The van der Waals surface area contributed by atoms with Crippen molar-refractivity contribution in [2.24, 2.45) is 4.99 Å². The second-order valence-electron chi connectivity index (χ2n) is 9.11. The Hall–Kier alpha value is -4.21. The largest absolute Gasteiger partial charge is 0.493 e. The van der Waals surface area contributed by atoms with E-state index < -0.39 is 17.8 Å². The molecule has 4 aromatic rings. The Morgan fingerprint density at radius 1 is 1.12 bits per heavy atom. The zero-order valence-electron chi connectivity index (χ0n) is 22.5. The molecule has 0 amide bonds. The molecule has 7 nitrogen and oxygen atoms in total. The van der Waals surface area contributed by atoms with Crippen LogP contribution < -0.4 is 24.4 Å². The molecule has 0 N–H and O–H groups in total. The lowest BCUT2D eigenvalue weighted by Crippen LogP contribution is -2.39. The van der Waals surface area contributed by atoms with Crippen molar-refractivity contribution in [3.63, 3.8) is 0 Å². The average molecular weight is 593 g/mol. The zero-order chi connectivity index (χ0) is 29.1. The lowest BCUT2D eigenvalue weighted by atomic mass is 9.96. The van der Waals surface area contributed by atoms with Gasteiger partial charge in [0.2, 0.25) is 0 Å². The highest BCUT2D eigenvalue weighted by molar-refractivity contribution is 7.07. The van der Waals surface area contributed by atoms with Crippen molar-refractivity contribution >= 4 is 35.0 Å². The van der Waals surface area contributed by atoms with E-state index in [0.29, 0.717) is 37.7 Å². The molecule has 1 aliphatic rings. The van der Waals surface area contributed by atoms with Gasteiger partial charge in [0.05, 0.1) is 40.6 Å². The van der Waals surface area contributed by atoms with Crippen LogP contribution in [0.2, 0.25) is 5.02 Å². The van der Waals surface area contributed by atoms with Crippen LogP contribution in [0.5, 0.6) is 11.5 Å². The molecule has 0 saturated carbocycles. The topological polar surface area (TPSA) is 79.1 Å². The first-order chi connectivity index (χ1) is 19.8. The highest BCUT2D eigenvalue weighted by atomic mass is 35.5. The second kappa shape index (κ2) is 12.1. The summed E-state index contributed by atoms with van der Waals surface area (Å²) in [5, 5.41) is 0.256. The Bertz CT molecular complexity index is 1810. The van der Waals surface area contributed by atoms with Crippen molar-refractivity contribution in [3.05, 3.63) is 125 Å². The Kier molecular flexibility index (Phi) is 8.37. The van der Waals surface area contributed by atoms with Crippen LogP contribution in [0.25, 0.3) is 6.08 Å². The van der Waals surface area contributed by atoms with E-state index in [4.69, 9.17) is 25.8 Å². The smallest absolute Gasteiger partial charge is 0.338 e. The highest BCUT2D eigenvalue weighted by Gasteiger charge is 2.33. The Morgan fingerprint density at radius 3 is 2.61 bits per heavy atom. The van der Waals surface area contributed by atoms with Crippen LogP contribution in [0.4, 0.5) is 4.39 Å². The third-order valence-corrected chi connectivity index (χ3v) is 7.89. The minimum Gasteiger partial charge on any atom is -0.493 e. The maximum Gasteiger partial charge on any atom is 0.338 e. The standard InChI is InChI=1S/C31H26ClFN2O5S/c1-4-39-30(37)27-18(2)34-31-35(28(27)20-9-6-5-7-10-20)29(36)26(41-31)16-19-13-14-24(38-3)25(15-19)40-17-21-22(32)11-8-12-23(21)33/h5-16,28H,4,17H2,1-3H3/t28-/m0/s1. The summed E-state index contributed by atoms with van der Waals surface area (Å²) in [6.07, 6.45) is 1.72. The molecule has 0 radical (unpaired) electrons. The van der Waals surface area contributed by atoms with Gasteiger partial charge >= 0.3 is 5.97 Å². The monoisotopic (exact) mass is 592 g/mol. The van der Waals surface area contributed by atoms with Gasteiger partial charge in [-0.2, -0.15) is 0 Å². The van der Waals surface area contributed by atoms with Gasteiger partial charge in [-0.05, 0) is 55.3 Å². The van der Waals surface area contributed by atoms with E-state index in [0.717, 1.165) is 5.56 Å². The number of halogens is 2. The van der Waals surface area contributed by atoms with Crippen LogP contribution in [-0.4, -0.2) is 24.3 Å². The molecule has 0 saturated heterocycles. The Balaban J connectivity index is 1.57. The number of thiazole rings is 1. The fourth-order valence-corrected chi connectivity index (χ4v) is 5.87. The van der Waals surface area contributed by atoms with Gasteiger partial charge in [0.1, 0.15) is 12.4 Å². The van der Waals surface area contributed by atoms with Gasteiger partial charge in [0.25, 0.3) is 5.56 Å². The minimum atomic E-state index is -0.686. The first kappa shape index (κ1) is 28.3. The fraction of sp³-hybridized carbons (Fsp3) is 0.194. The molecule has 210 valence electrons. The third kappa shape index (κ3) is 5.68. The number of rotatable bonds is 8. The molecule has 1 aromatic heterocycles. The van der Waals surface area contributed by atoms with E-state index in [1.807, 2.05) is 30.3 Å². The van der Waals surface area contributed by atoms with Crippen molar-refractivity contribution in [1.82, 2.24) is 4.57 Å².